The van der Waals surface area contributed by atoms with Crippen LogP contribution in [0.3, 0.4) is 0 Å². The molecule has 3 rings (SSSR count). The average Bonchev–Trinajstić information content (AvgIpc) is 3.17. The number of benzene rings is 1. The maximum atomic E-state index is 12.4. The van der Waals surface area contributed by atoms with E-state index in [1.54, 1.807) is 0 Å². The Labute approximate surface area is 114 Å². The Bertz CT molecular complexity index is 441. The predicted octanol–water partition coefficient (Wildman–Crippen LogP) is 2.48. The second kappa shape index (κ2) is 5.33. The minimum atomic E-state index is 0.0736. The molecule has 2 fully saturated rings. The van der Waals surface area contributed by atoms with Gasteiger partial charge in [-0.15, -0.1) is 0 Å². The van der Waals surface area contributed by atoms with Gasteiger partial charge >= 0.3 is 0 Å². The van der Waals surface area contributed by atoms with Gasteiger partial charge in [0.25, 0.3) is 0 Å². The molecule has 102 valence electrons. The van der Waals surface area contributed by atoms with Crippen LogP contribution in [0.5, 0.6) is 0 Å². The van der Waals surface area contributed by atoms with E-state index in [0.717, 1.165) is 19.4 Å². The van der Waals surface area contributed by atoms with Gasteiger partial charge in [-0.2, -0.15) is 0 Å². The highest BCUT2D eigenvalue weighted by atomic mass is 16.2. The van der Waals surface area contributed by atoms with E-state index in [9.17, 15) is 4.79 Å². The van der Waals surface area contributed by atoms with E-state index in [0.29, 0.717) is 12.3 Å². The van der Waals surface area contributed by atoms with E-state index in [4.69, 9.17) is 5.73 Å². The molecule has 2 N–H and O–H groups in total. The molecule has 1 aromatic rings. The topological polar surface area (TPSA) is 46.3 Å². The summed E-state index contributed by atoms with van der Waals surface area (Å²) in [6.07, 6.45) is 5.11. The Balaban J connectivity index is 1.67. The van der Waals surface area contributed by atoms with Gasteiger partial charge in [-0.1, -0.05) is 30.3 Å². The van der Waals surface area contributed by atoms with Gasteiger partial charge in [-0.3, -0.25) is 4.79 Å². The van der Waals surface area contributed by atoms with Crippen LogP contribution in [0.15, 0.2) is 30.3 Å². The summed E-state index contributed by atoms with van der Waals surface area (Å²) in [6.45, 7) is 0.885. The minimum absolute atomic E-state index is 0.0736. The SMILES string of the molecule is NC(CC(=O)N1CCCC1c1ccccc1)C1CC1. The maximum Gasteiger partial charge on any atom is 0.224 e. The van der Waals surface area contributed by atoms with Gasteiger partial charge in [0.1, 0.15) is 0 Å². The van der Waals surface area contributed by atoms with Crippen molar-refractivity contribution >= 4 is 5.91 Å². The smallest absolute Gasteiger partial charge is 0.224 e. The van der Waals surface area contributed by atoms with Gasteiger partial charge in [0.15, 0.2) is 0 Å². The number of hydrogen-bond donors (Lipinski definition) is 1. The van der Waals surface area contributed by atoms with Crippen LogP contribution in [0.2, 0.25) is 0 Å². The third-order valence-corrected chi connectivity index (χ3v) is 4.40. The van der Waals surface area contributed by atoms with E-state index in [2.05, 4.69) is 12.1 Å². The summed E-state index contributed by atoms with van der Waals surface area (Å²) in [7, 11) is 0. The minimum Gasteiger partial charge on any atom is -0.336 e. The Morgan fingerprint density at radius 2 is 2.00 bits per heavy atom. The zero-order valence-corrected chi connectivity index (χ0v) is 11.3. The monoisotopic (exact) mass is 258 g/mol. The van der Waals surface area contributed by atoms with Gasteiger partial charge in [0.05, 0.1) is 6.04 Å². The van der Waals surface area contributed by atoms with E-state index in [-0.39, 0.29) is 18.0 Å². The molecule has 1 saturated heterocycles. The lowest BCUT2D eigenvalue weighted by Gasteiger charge is -2.26. The molecule has 1 saturated carbocycles. The molecule has 2 atom stereocenters. The molecule has 1 aromatic carbocycles. The molecular weight excluding hydrogens is 236 g/mol. The maximum absolute atomic E-state index is 12.4. The zero-order valence-electron chi connectivity index (χ0n) is 11.3. The molecule has 19 heavy (non-hydrogen) atoms. The molecule has 1 aliphatic carbocycles. The zero-order chi connectivity index (χ0) is 13.2. The van der Waals surface area contributed by atoms with Crippen molar-refractivity contribution in [2.24, 2.45) is 11.7 Å². The lowest BCUT2D eigenvalue weighted by atomic mass is 10.0. The first-order valence-electron chi connectivity index (χ1n) is 7.35. The summed E-state index contributed by atoms with van der Waals surface area (Å²) >= 11 is 0. The lowest BCUT2D eigenvalue weighted by Crippen LogP contribution is -2.36. The highest BCUT2D eigenvalue weighted by Gasteiger charge is 2.34. The van der Waals surface area contributed by atoms with E-state index in [1.165, 1.54) is 18.4 Å². The molecule has 0 bridgehead atoms. The summed E-state index contributed by atoms with van der Waals surface area (Å²) in [5, 5.41) is 0. The van der Waals surface area contributed by atoms with Crippen LogP contribution in [0.1, 0.15) is 43.7 Å². The number of amides is 1. The third-order valence-electron chi connectivity index (χ3n) is 4.40. The first kappa shape index (κ1) is 12.7. The second-order valence-electron chi connectivity index (χ2n) is 5.86. The number of rotatable bonds is 4. The van der Waals surface area contributed by atoms with Crippen LogP contribution < -0.4 is 5.73 Å². The molecule has 3 nitrogen and oxygen atoms in total. The number of carbonyl (C=O) groups excluding carboxylic acids is 1. The fourth-order valence-corrected chi connectivity index (χ4v) is 3.10. The third kappa shape index (κ3) is 2.81. The lowest BCUT2D eigenvalue weighted by molar-refractivity contribution is -0.132. The first-order valence-corrected chi connectivity index (χ1v) is 7.35. The fraction of sp³-hybridized carbons (Fsp3) is 0.562. The predicted molar refractivity (Wildman–Crippen MR) is 75.4 cm³/mol. The molecule has 2 aliphatic rings. The normalized spacial score (nSPS) is 24.5. The van der Waals surface area contributed by atoms with Gasteiger partial charge < -0.3 is 10.6 Å². The number of carbonyl (C=O) groups is 1. The molecule has 0 spiro atoms. The van der Waals surface area contributed by atoms with Crippen molar-refractivity contribution in [2.75, 3.05) is 6.54 Å². The first-order chi connectivity index (χ1) is 9.25. The van der Waals surface area contributed by atoms with Crippen molar-refractivity contribution in [1.82, 2.24) is 4.90 Å². The van der Waals surface area contributed by atoms with Crippen LogP contribution in [0, 0.1) is 5.92 Å². The highest BCUT2D eigenvalue weighted by molar-refractivity contribution is 5.77. The molecule has 1 aliphatic heterocycles. The number of hydrogen-bond acceptors (Lipinski definition) is 2. The van der Waals surface area contributed by atoms with Crippen molar-refractivity contribution in [2.45, 2.75) is 44.2 Å². The van der Waals surface area contributed by atoms with Crippen molar-refractivity contribution in [3.63, 3.8) is 0 Å². The molecule has 3 heteroatoms. The average molecular weight is 258 g/mol. The molecule has 1 heterocycles. The summed E-state index contributed by atoms with van der Waals surface area (Å²) in [5.41, 5.74) is 7.34. The van der Waals surface area contributed by atoms with Crippen LogP contribution >= 0.6 is 0 Å². The quantitative estimate of drug-likeness (QED) is 0.902. The summed E-state index contributed by atoms with van der Waals surface area (Å²) < 4.78 is 0. The number of nitrogens with two attached hydrogens (primary N) is 1. The fourth-order valence-electron chi connectivity index (χ4n) is 3.10. The van der Waals surface area contributed by atoms with Crippen molar-refractivity contribution in [1.29, 1.82) is 0 Å². The van der Waals surface area contributed by atoms with Crippen molar-refractivity contribution in [3.8, 4) is 0 Å². The standard InChI is InChI=1S/C16H22N2O/c17-14(12-8-9-12)11-16(19)18-10-4-7-15(18)13-5-2-1-3-6-13/h1-3,5-6,12,14-15H,4,7-11,17H2. The van der Waals surface area contributed by atoms with Crippen LogP contribution in [0.4, 0.5) is 0 Å². The van der Waals surface area contributed by atoms with Crippen LogP contribution in [0.25, 0.3) is 0 Å². The largest absolute Gasteiger partial charge is 0.336 e. The van der Waals surface area contributed by atoms with Gasteiger partial charge in [-0.25, -0.2) is 0 Å². The van der Waals surface area contributed by atoms with Crippen LogP contribution in [-0.2, 0) is 4.79 Å². The molecule has 0 radical (unpaired) electrons. The Morgan fingerprint density at radius 3 is 2.68 bits per heavy atom. The van der Waals surface area contributed by atoms with Gasteiger partial charge in [0, 0.05) is 19.0 Å². The summed E-state index contributed by atoms with van der Waals surface area (Å²) in [4.78, 5) is 14.5. The molecule has 0 aromatic heterocycles. The second-order valence-corrected chi connectivity index (χ2v) is 5.86. The van der Waals surface area contributed by atoms with Crippen molar-refractivity contribution < 1.29 is 4.79 Å². The summed E-state index contributed by atoms with van der Waals surface area (Å²) in [5.74, 6) is 0.840. The molecular formula is C16H22N2O. The van der Waals surface area contributed by atoms with E-state index < -0.39 is 0 Å². The molecule has 1 amide bonds. The highest BCUT2D eigenvalue weighted by Crippen LogP contribution is 2.35. The van der Waals surface area contributed by atoms with E-state index in [1.807, 2.05) is 23.1 Å². The number of nitrogens with zero attached hydrogens (tertiary/aromatic N) is 1. The Hall–Kier alpha value is -1.35. The Kier molecular flexibility index (Phi) is 3.56. The van der Waals surface area contributed by atoms with Gasteiger partial charge in [0.2, 0.25) is 5.91 Å². The number of likely N-dealkylation sites (tertiary alicyclic amines) is 1. The summed E-state index contributed by atoms with van der Waals surface area (Å²) in [6, 6.07) is 10.7. The van der Waals surface area contributed by atoms with Crippen molar-refractivity contribution in [3.05, 3.63) is 35.9 Å². The van der Waals surface area contributed by atoms with Gasteiger partial charge in [-0.05, 0) is 37.2 Å². The molecule has 2 unspecified atom stereocenters. The van der Waals surface area contributed by atoms with Crippen LogP contribution in [-0.4, -0.2) is 23.4 Å². The Morgan fingerprint density at radius 1 is 1.26 bits per heavy atom. The van der Waals surface area contributed by atoms with E-state index >= 15 is 0 Å².